The van der Waals surface area contributed by atoms with Gasteiger partial charge in [0.05, 0.1) is 6.54 Å². The average molecular weight is 448 g/mol. The molecule has 2 heterocycles. The molecule has 1 aliphatic heterocycles. The number of thiophene rings is 1. The minimum Gasteiger partial charge on any atom is -0.369 e. The molecule has 174 valence electrons. The lowest BCUT2D eigenvalue weighted by atomic mass is 9.73. The first-order valence-corrected chi connectivity index (χ1v) is 13.1. The number of aliphatic imine (C=N–C) groups is 1. The molecule has 6 nitrogen and oxygen atoms in total. The van der Waals surface area contributed by atoms with Crippen LogP contribution in [0.1, 0.15) is 69.6 Å². The van der Waals surface area contributed by atoms with E-state index in [0.717, 1.165) is 70.9 Å². The number of amides is 1. The lowest BCUT2D eigenvalue weighted by molar-refractivity contribution is -0.123. The van der Waals surface area contributed by atoms with Gasteiger partial charge in [-0.25, -0.2) is 0 Å². The maximum absolute atomic E-state index is 11.3. The molecule has 0 atom stereocenters. The number of primary amides is 1. The summed E-state index contributed by atoms with van der Waals surface area (Å²) in [5.41, 5.74) is 5.66. The van der Waals surface area contributed by atoms with Crippen LogP contribution in [0.2, 0.25) is 0 Å². The zero-order valence-electron chi connectivity index (χ0n) is 19.2. The zero-order valence-corrected chi connectivity index (χ0v) is 20.0. The van der Waals surface area contributed by atoms with Crippen LogP contribution < -0.4 is 16.4 Å². The van der Waals surface area contributed by atoms with Crippen LogP contribution in [0.25, 0.3) is 0 Å². The molecule has 4 N–H and O–H groups in total. The number of piperidine rings is 1. The molecule has 0 aromatic carbocycles. The molecule has 0 spiro atoms. The number of unbranched alkanes of at least 4 members (excludes halogenated alkanes) is 1. The first-order chi connectivity index (χ1) is 15.1. The van der Waals surface area contributed by atoms with Crippen molar-refractivity contribution in [2.45, 2.75) is 70.1 Å². The maximum atomic E-state index is 11.3. The van der Waals surface area contributed by atoms with E-state index in [-0.39, 0.29) is 17.2 Å². The molecule has 31 heavy (non-hydrogen) atoms. The van der Waals surface area contributed by atoms with E-state index >= 15 is 0 Å². The highest BCUT2D eigenvalue weighted by Crippen LogP contribution is 2.41. The minimum absolute atomic E-state index is 0.0819. The van der Waals surface area contributed by atoms with Crippen molar-refractivity contribution in [2.24, 2.45) is 16.6 Å². The van der Waals surface area contributed by atoms with Gasteiger partial charge in [-0.3, -0.25) is 9.79 Å². The first-order valence-electron chi connectivity index (χ1n) is 12.2. The minimum atomic E-state index is -0.131. The van der Waals surface area contributed by atoms with Crippen molar-refractivity contribution in [1.82, 2.24) is 15.5 Å². The summed E-state index contributed by atoms with van der Waals surface area (Å²) in [7, 11) is 0. The van der Waals surface area contributed by atoms with Gasteiger partial charge in [-0.05, 0) is 76.5 Å². The van der Waals surface area contributed by atoms with Crippen molar-refractivity contribution in [1.29, 1.82) is 0 Å². The van der Waals surface area contributed by atoms with Crippen molar-refractivity contribution < 1.29 is 4.79 Å². The third-order valence-electron chi connectivity index (χ3n) is 6.92. The van der Waals surface area contributed by atoms with Gasteiger partial charge >= 0.3 is 0 Å². The number of nitrogens with zero attached hydrogens (tertiary/aromatic N) is 2. The van der Waals surface area contributed by atoms with E-state index in [9.17, 15) is 4.79 Å². The fourth-order valence-corrected chi connectivity index (χ4v) is 5.95. The van der Waals surface area contributed by atoms with Gasteiger partial charge in [-0.15, -0.1) is 11.3 Å². The predicted molar refractivity (Wildman–Crippen MR) is 131 cm³/mol. The SMILES string of the molecule is CCNC(=NCC1(c2cccs2)CCCCC1)NCCCCN1CCC(C(N)=O)CC1. The molecule has 7 heteroatoms. The predicted octanol–water partition coefficient (Wildman–Crippen LogP) is 3.48. The number of hydrogen-bond acceptors (Lipinski definition) is 4. The van der Waals surface area contributed by atoms with E-state index in [1.165, 1.54) is 37.0 Å². The van der Waals surface area contributed by atoms with E-state index in [0.29, 0.717) is 0 Å². The van der Waals surface area contributed by atoms with Crippen LogP contribution in [0.4, 0.5) is 0 Å². The summed E-state index contributed by atoms with van der Waals surface area (Å²) in [6, 6.07) is 4.48. The molecule has 0 radical (unpaired) electrons. The normalized spacial score (nSPS) is 20.5. The number of carbonyl (C=O) groups is 1. The molecule has 1 aromatic rings. The third-order valence-corrected chi connectivity index (χ3v) is 8.04. The van der Waals surface area contributed by atoms with Gasteiger partial charge in [0.1, 0.15) is 0 Å². The van der Waals surface area contributed by atoms with Crippen LogP contribution in [-0.2, 0) is 10.2 Å². The largest absolute Gasteiger partial charge is 0.369 e. The highest BCUT2D eigenvalue weighted by atomic mass is 32.1. The summed E-state index contributed by atoms with van der Waals surface area (Å²) in [6.45, 7) is 7.91. The Morgan fingerprint density at radius 2 is 2.00 bits per heavy atom. The summed E-state index contributed by atoms with van der Waals surface area (Å²) in [4.78, 5) is 20.3. The first kappa shape index (κ1) is 24.1. The van der Waals surface area contributed by atoms with E-state index in [1.54, 1.807) is 0 Å². The van der Waals surface area contributed by atoms with Crippen molar-refractivity contribution in [3.05, 3.63) is 22.4 Å². The van der Waals surface area contributed by atoms with E-state index in [2.05, 4.69) is 40.0 Å². The van der Waals surface area contributed by atoms with Crippen LogP contribution in [0.15, 0.2) is 22.5 Å². The summed E-state index contributed by atoms with van der Waals surface area (Å²) in [5.74, 6) is 0.901. The van der Waals surface area contributed by atoms with Crippen molar-refractivity contribution in [2.75, 3.05) is 39.3 Å². The Labute approximate surface area is 192 Å². The monoisotopic (exact) mass is 447 g/mol. The lowest BCUT2D eigenvalue weighted by Gasteiger charge is -2.35. The molecule has 2 fully saturated rings. The second-order valence-corrected chi connectivity index (χ2v) is 10.1. The number of rotatable bonds is 10. The number of nitrogens with one attached hydrogen (secondary N) is 2. The highest BCUT2D eigenvalue weighted by Gasteiger charge is 2.34. The third kappa shape index (κ3) is 7.21. The fraction of sp³-hybridized carbons (Fsp3) is 0.750. The van der Waals surface area contributed by atoms with Crippen LogP contribution >= 0.6 is 11.3 Å². The van der Waals surface area contributed by atoms with E-state index < -0.39 is 0 Å². The van der Waals surface area contributed by atoms with Gasteiger partial charge in [0.2, 0.25) is 5.91 Å². The number of hydrogen-bond donors (Lipinski definition) is 3. The Hall–Kier alpha value is -1.60. The maximum Gasteiger partial charge on any atom is 0.220 e. The Morgan fingerprint density at radius 1 is 1.23 bits per heavy atom. The molecule has 1 saturated heterocycles. The fourth-order valence-electron chi connectivity index (χ4n) is 4.97. The summed E-state index contributed by atoms with van der Waals surface area (Å²) < 4.78 is 0. The highest BCUT2D eigenvalue weighted by molar-refractivity contribution is 7.10. The molecule has 1 aliphatic carbocycles. The Kier molecular flexibility index (Phi) is 9.65. The summed E-state index contributed by atoms with van der Waals surface area (Å²) in [6.07, 6.45) is 10.6. The topological polar surface area (TPSA) is 82.8 Å². The summed E-state index contributed by atoms with van der Waals surface area (Å²) in [5, 5.41) is 9.18. The second-order valence-electron chi connectivity index (χ2n) is 9.17. The van der Waals surface area contributed by atoms with Gasteiger partial charge in [-0.1, -0.05) is 25.3 Å². The molecule has 0 unspecified atom stereocenters. The van der Waals surface area contributed by atoms with Crippen LogP contribution in [0.5, 0.6) is 0 Å². The standard InChI is InChI=1S/C24H41N5OS/c1-2-26-23(27-14-6-7-15-29-16-10-20(11-17-29)22(25)30)28-19-24(12-4-3-5-13-24)21-9-8-18-31-21/h8-9,18,20H,2-7,10-17,19H2,1H3,(H2,25,30)(H2,26,27,28). The molecule has 3 rings (SSSR count). The van der Waals surface area contributed by atoms with Gasteiger partial charge in [0, 0.05) is 29.3 Å². The Morgan fingerprint density at radius 3 is 2.65 bits per heavy atom. The molecule has 2 aliphatic rings. The lowest BCUT2D eigenvalue weighted by Crippen LogP contribution is -2.40. The van der Waals surface area contributed by atoms with Gasteiger partial charge < -0.3 is 21.3 Å². The number of carbonyl (C=O) groups excluding carboxylic acids is 1. The molecule has 1 amide bonds. The average Bonchev–Trinajstić information content (AvgIpc) is 3.34. The van der Waals surface area contributed by atoms with Gasteiger partial charge in [0.15, 0.2) is 5.96 Å². The second kappa shape index (κ2) is 12.4. The Balaban J connectivity index is 1.42. The number of nitrogens with two attached hydrogens (primary N) is 1. The van der Waals surface area contributed by atoms with Crippen LogP contribution in [-0.4, -0.2) is 56.0 Å². The Bertz CT molecular complexity index is 676. The smallest absolute Gasteiger partial charge is 0.220 e. The van der Waals surface area contributed by atoms with Crippen LogP contribution in [0, 0.1) is 5.92 Å². The summed E-state index contributed by atoms with van der Waals surface area (Å²) >= 11 is 1.89. The van der Waals surface area contributed by atoms with Gasteiger partial charge in [0.25, 0.3) is 0 Å². The quantitative estimate of drug-likeness (QED) is 0.291. The molecular formula is C24H41N5OS. The number of guanidine groups is 1. The molecule has 0 bridgehead atoms. The number of likely N-dealkylation sites (tertiary alicyclic amines) is 1. The van der Waals surface area contributed by atoms with Gasteiger partial charge in [-0.2, -0.15) is 0 Å². The van der Waals surface area contributed by atoms with Crippen LogP contribution in [0.3, 0.4) is 0 Å². The molecular weight excluding hydrogens is 406 g/mol. The molecule has 1 aromatic heterocycles. The van der Waals surface area contributed by atoms with E-state index in [4.69, 9.17) is 10.7 Å². The van der Waals surface area contributed by atoms with Crippen molar-refractivity contribution in [3.8, 4) is 0 Å². The van der Waals surface area contributed by atoms with Crippen molar-refractivity contribution in [3.63, 3.8) is 0 Å². The zero-order chi connectivity index (χ0) is 21.9. The molecule has 1 saturated carbocycles. The van der Waals surface area contributed by atoms with Crippen molar-refractivity contribution >= 4 is 23.2 Å². The van der Waals surface area contributed by atoms with E-state index in [1.807, 2.05) is 11.3 Å².